The van der Waals surface area contributed by atoms with Crippen LogP contribution in [0.5, 0.6) is 0 Å². The van der Waals surface area contributed by atoms with Crippen LogP contribution in [0.4, 0.5) is 0 Å². The molecule has 6 heteroatoms. The average molecular weight is 445 g/mol. The average Bonchev–Trinajstić information content (AvgIpc) is 2.80. The van der Waals surface area contributed by atoms with E-state index in [2.05, 4.69) is 53.4 Å². The second-order valence-electron chi connectivity index (χ2n) is 9.31. The van der Waals surface area contributed by atoms with Crippen molar-refractivity contribution in [1.29, 1.82) is 0 Å². The van der Waals surface area contributed by atoms with Gasteiger partial charge < -0.3 is 5.32 Å². The highest BCUT2D eigenvalue weighted by Crippen LogP contribution is 2.22. The summed E-state index contributed by atoms with van der Waals surface area (Å²) in [7, 11) is 0. The highest BCUT2D eigenvalue weighted by atomic mass is 16.2. The lowest BCUT2D eigenvalue weighted by Crippen LogP contribution is -2.38. The first-order valence-corrected chi connectivity index (χ1v) is 11.7. The molecule has 0 aliphatic carbocycles. The molecule has 0 bridgehead atoms. The highest BCUT2D eigenvalue weighted by Gasteiger charge is 2.21. The van der Waals surface area contributed by atoms with Crippen molar-refractivity contribution in [3.8, 4) is 11.3 Å². The SMILES string of the molecule is CC1CC(C)CN(Cc2ccc(CNC(=O)Cn3nc(-c4ccccc4)ccc3=O)cc2)C1. The van der Waals surface area contributed by atoms with Gasteiger partial charge in [0, 0.05) is 37.8 Å². The fraction of sp³-hybridized carbons (Fsp3) is 0.370. The molecule has 33 heavy (non-hydrogen) atoms. The van der Waals surface area contributed by atoms with E-state index in [9.17, 15) is 9.59 Å². The molecule has 0 saturated carbocycles. The smallest absolute Gasteiger partial charge is 0.267 e. The molecule has 2 atom stereocenters. The van der Waals surface area contributed by atoms with Gasteiger partial charge >= 0.3 is 0 Å². The van der Waals surface area contributed by atoms with E-state index in [1.807, 2.05) is 30.3 Å². The van der Waals surface area contributed by atoms with Crippen LogP contribution in [0.15, 0.2) is 71.5 Å². The van der Waals surface area contributed by atoms with Crippen molar-refractivity contribution < 1.29 is 4.79 Å². The molecule has 172 valence electrons. The minimum atomic E-state index is -0.296. The van der Waals surface area contributed by atoms with Crippen LogP contribution in [0.25, 0.3) is 11.3 Å². The van der Waals surface area contributed by atoms with E-state index >= 15 is 0 Å². The Morgan fingerprint density at radius 1 is 0.939 bits per heavy atom. The maximum Gasteiger partial charge on any atom is 0.267 e. The number of hydrogen-bond donors (Lipinski definition) is 1. The maximum atomic E-state index is 12.5. The summed E-state index contributed by atoms with van der Waals surface area (Å²) in [5.41, 5.74) is 3.59. The molecule has 2 unspecified atom stereocenters. The molecular weight excluding hydrogens is 412 g/mol. The fourth-order valence-electron chi connectivity index (χ4n) is 4.66. The number of aromatic nitrogens is 2. The summed E-state index contributed by atoms with van der Waals surface area (Å²) in [6.45, 7) is 8.24. The summed E-state index contributed by atoms with van der Waals surface area (Å²) in [5, 5.41) is 7.25. The van der Waals surface area contributed by atoms with E-state index in [0.717, 1.165) is 42.6 Å². The van der Waals surface area contributed by atoms with Crippen LogP contribution >= 0.6 is 0 Å². The normalized spacial score (nSPS) is 18.7. The van der Waals surface area contributed by atoms with E-state index in [4.69, 9.17) is 0 Å². The lowest BCUT2D eigenvalue weighted by atomic mass is 9.91. The number of piperidine rings is 1. The third-order valence-electron chi connectivity index (χ3n) is 6.09. The van der Waals surface area contributed by atoms with Crippen LogP contribution < -0.4 is 10.9 Å². The van der Waals surface area contributed by atoms with Gasteiger partial charge in [-0.1, -0.05) is 68.4 Å². The van der Waals surface area contributed by atoms with E-state index in [-0.39, 0.29) is 18.0 Å². The number of carbonyl (C=O) groups is 1. The van der Waals surface area contributed by atoms with E-state index in [1.165, 1.54) is 22.7 Å². The highest BCUT2D eigenvalue weighted by molar-refractivity contribution is 5.75. The number of likely N-dealkylation sites (tertiary alicyclic amines) is 1. The minimum absolute atomic E-state index is 0.108. The molecular formula is C27H32N4O2. The molecule has 1 aliphatic rings. The Kier molecular flexibility index (Phi) is 7.35. The molecule has 3 aromatic rings. The van der Waals surface area contributed by atoms with E-state index in [1.54, 1.807) is 6.07 Å². The summed E-state index contributed by atoms with van der Waals surface area (Å²) >= 11 is 0. The van der Waals surface area contributed by atoms with Crippen LogP contribution in [0.3, 0.4) is 0 Å². The standard InChI is InChI=1S/C27H32N4O2/c1-20-14-21(2)17-30(16-20)18-23-10-8-22(9-11-23)15-28-26(32)19-31-27(33)13-12-25(29-31)24-6-4-3-5-7-24/h3-13,20-21H,14-19H2,1-2H3,(H,28,32). The van der Waals surface area contributed by atoms with Gasteiger partial charge in [0.05, 0.1) is 5.69 Å². The molecule has 1 aliphatic heterocycles. The van der Waals surface area contributed by atoms with Crippen molar-refractivity contribution >= 4 is 5.91 Å². The Bertz CT molecular complexity index is 1110. The molecule has 1 fully saturated rings. The molecule has 2 aromatic carbocycles. The Hall–Kier alpha value is -3.25. The number of hydrogen-bond acceptors (Lipinski definition) is 4. The molecule has 1 N–H and O–H groups in total. The summed E-state index contributed by atoms with van der Waals surface area (Å²) in [5.74, 6) is 1.26. The second kappa shape index (κ2) is 10.6. The van der Waals surface area contributed by atoms with Gasteiger partial charge in [-0.15, -0.1) is 0 Å². The van der Waals surface area contributed by atoms with Crippen molar-refractivity contribution in [2.24, 2.45) is 11.8 Å². The predicted molar refractivity (Wildman–Crippen MR) is 130 cm³/mol. The molecule has 0 spiro atoms. The first-order valence-electron chi connectivity index (χ1n) is 11.7. The third kappa shape index (κ3) is 6.39. The Labute approximate surface area is 195 Å². The van der Waals surface area contributed by atoms with E-state index in [0.29, 0.717) is 12.2 Å². The zero-order valence-electron chi connectivity index (χ0n) is 19.4. The molecule has 1 saturated heterocycles. The summed E-state index contributed by atoms with van der Waals surface area (Å²) in [6.07, 6.45) is 1.31. The largest absolute Gasteiger partial charge is 0.350 e. The number of carbonyl (C=O) groups excluding carboxylic acids is 1. The monoisotopic (exact) mass is 444 g/mol. The second-order valence-corrected chi connectivity index (χ2v) is 9.31. The minimum Gasteiger partial charge on any atom is -0.350 e. The molecule has 0 radical (unpaired) electrons. The number of rotatable bonds is 7. The summed E-state index contributed by atoms with van der Waals surface area (Å²) in [6, 6.07) is 21.1. The van der Waals surface area contributed by atoms with Crippen molar-refractivity contribution in [1.82, 2.24) is 20.0 Å². The lowest BCUT2D eigenvalue weighted by molar-refractivity contribution is -0.122. The molecule has 4 rings (SSSR count). The first kappa shape index (κ1) is 22.9. The van der Waals surface area contributed by atoms with Crippen molar-refractivity contribution in [3.63, 3.8) is 0 Å². The molecule has 1 amide bonds. The quantitative estimate of drug-likeness (QED) is 0.603. The van der Waals surface area contributed by atoms with Gasteiger partial charge in [-0.3, -0.25) is 14.5 Å². The zero-order chi connectivity index (χ0) is 23.2. The van der Waals surface area contributed by atoms with Gasteiger partial charge in [0.25, 0.3) is 5.56 Å². The predicted octanol–water partition coefficient (Wildman–Crippen LogP) is 3.70. The van der Waals surface area contributed by atoms with Gasteiger partial charge in [0.2, 0.25) is 5.91 Å². The number of nitrogens with one attached hydrogen (secondary N) is 1. The third-order valence-corrected chi connectivity index (χ3v) is 6.09. The van der Waals surface area contributed by atoms with Gasteiger partial charge in [-0.25, -0.2) is 4.68 Å². The van der Waals surface area contributed by atoms with Crippen LogP contribution in [-0.4, -0.2) is 33.7 Å². The van der Waals surface area contributed by atoms with Gasteiger partial charge in [0.15, 0.2) is 0 Å². The molecule has 2 heterocycles. The van der Waals surface area contributed by atoms with Crippen molar-refractivity contribution in [3.05, 3.63) is 88.2 Å². The Morgan fingerprint density at radius 3 is 2.30 bits per heavy atom. The van der Waals surface area contributed by atoms with Crippen LogP contribution in [0.1, 0.15) is 31.4 Å². The van der Waals surface area contributed by atoms with Crippen LogP contribution in [0, 0.1) is 11.8 Å². The summed E-state index contributed by atoms with van der Waals surface area (Å²) < 4.78 is 1.21. The van der Waals surface area contributed by atoms with Crippen LogP contribution in [-0.2, 0) is 24.4 Å². The first-order chi connectivity index (χ1) is 16.0. The van der Waals surface area contributed by atoms with Crippen molar-refractivity contribution in [2.75, 3.05) is 13.1 Å². The maximum absolute atomic E-state index is 12.5. The lowest BCUT2D eigenvalue weighted by Gasteiger charge is -2.35. The van der Waals surface area contributed by atoms with Crippen molar-refractivity contribution in [2.45, 2.75) is 39.9 Å². The van der Waals surface area contributed by atoms with E-state index < -0.39 is 0 Å². The number of benzene rings is 2. The number of nitrogens with zero attached hydrogens (tertiary/aromatic N) is 3. The Balaban J connectivity index is 1.31. The van der Waals surface area contributed by atoms with Gasteiger partial charge in [-0.05, 0) is 35.4 Å². The van der Waals surface area contributed by atoms with Gasteiger partial charge in [0.1, 0.15) is 6.54 Å². The Morgan fingerprint density at radius 2 is 1.61 bits per heavy atom. The molecule has 1 aromatic heterocycles. The number of amides is 1. The summed E-state index contributed by atoms with van der Waals surface area (Å²) in [4.78, 5) is 27.2. The zero-order valence-corrected chi connectivity index (χ0v) is 19.4. The topological polar surface area (TPSA) is 67.2 Å². The van der Waals surface area contributed by atoms with Gasteiger partial charge in [-0.2, -0.15) is 5.10 Å². The van der Waals surface area contributed by atoms with Crippen LogP contribution in [0.2, 0.25) is 0 Å². The molecule has 6 nitrogen and oxygen atoms in total. The fourth-order valence-corrected chi connectivity index (χ4v) is 4.66.